The summed E-state index contributed by atoms with van der Waals surface area (Å²) in [5.41, 5.74) is -0.482. The fourth-order valence-electron chi connectivity index (χ4n) is 1.93. The third-order valence-corrected chi connectivity index (χ3v) is 3.17. The Bertz CT molecular complexity index is 433. The number of carbonyl (C=O) groups excluding carboxylic acids is 1. The monoisotopic (exact) mass is 252 g/mol. The molecule has 0 spiro atoms. The maximum Gasteiger partial charge on any atom is 0.238 e. The quantitative estimate of drug-likeness (QED) is 0.739. The molecule has 98 valence electrons. The van der Waals surface area contributed by atoms with Gasteiger partial charge < -0.3 is 15.7 Å². The van der Waals surface area contributed by atoms with E-state index in [0.717, 1.165) is 19.3 Å². The standard InChI is InChI=1S/C13H17FN2O2/c14-10-4-1-2-5-11(10)16-12(17)8-15-9-13(18)6-3-7-13/h1-2,4-5,15,18H,3,6-9H2,(H,16,17). The zero-order valence-electron chi connectivity index (χ0n) is 10.1. The number of benzene rings is 1. The SMILES string of the molecule is O=C(CNCC1(O)CCC1)Nc1ccccc1F. The summed E-state index contributed by atoms with van der Waals surface area (Å²) in [6, 6.07) is 6.02. The van der Waals surface area contributed by atoms with E-state index in [1.807, 2.05) is 0 Å². The minimum absolute atomic E-state index is 0.0661. The van der Waals surface area contributed by atoms with Crippen molar-refractivity contribution in [3.8, 4) is 0 Å². The van der Waals surface area contributed by atoms with Crippen molar-refractivity contribution < 1.29 is 14.3 Å². The Morgan fingerprint density at radius 3 is 2.72 bits per heavy atom. The van der Waals surface area contributed by atoms with Crippen molar-refractivity contribution in [3.63, 3.8) is 0 Å². The van der Waals surface area contributed by atoms with Crippen LogP contribution in [0.15, 0.2) is 24.3 Å². The fraction of sp³-hybridized carbons (Fsp3) is 0.462. The Kier molecular flexibility index (Phi) is 3.93. The highest BCUT2D eigenvalue weighted by Gasteiger charge is 2.33. The van der Waals surface area contributed by atoms with E-state index in [2.05, 4.69) is 10.6 Å². The minimum Gasteiger partial charge on any atom is -0.389 e. The second kappa shape index (κ2) is 5.46. The summed E-state index contributed by atoms with van der Waals surface area (Å²) in [6.45, 7) is 0.467. The smallest absolute Gasteiger partial charge is 0.238 e. The maximum atomic E-state index is 13.2. The number of hydrogen-bond acceptors (Lipinski definition) is 3. The largest absolute Gasteiger partial charge is 0.389 e. The molecule has 1 aliphatic carbocycles. The normalized spacial score (nSPS) is 17.0. The first-order chi connectivity index (χ1) is 8.59. The van der Waals surface area contributed by atoms with Crippen LogP contribution in [0, 0.1) is 5.82 Å². The molecule has 3 N–H and O–H groups in total. The molecule has 0 radical (unpaired) electrons. The number of carbonyl (C=O) groups is 1. The first kappa shape index (κ1) is 13.0. The van der Waals surface area contributed by atoms with E-state index in [9.17, 15) is 14.3 Å². The molecular formula is C13H17FN2O2. The average Bonchev–Trinajstić information content (AvgIpc) is 2.30. The van der Waals surface area contributed by atoms with Crippen LogP contribution in [-0.2, 0) is 4.79 Å². The van der Waals surface area contributed by atoms with Gasteiger partial charge in [0.15, 0.2) is 0 Å². The Morgan fingerprint density at radius 2 is 2.11 bits per heavy atom. The second-order valence-corrected chi connectivity index (χ2v) is 4.71. The van der Waals surface area contributed by atoms with Crippen molar-refractivity contribution in [2.75, 3.05) is 18.4 Å². The van der Waals surface area contributed by atoms with Gasteiger partial charge in [-0.05, 0) is 31.4 Å². The molecule has 18 heavy (non-hydrogen) atoms. The lowest BCUT2D eigenvalue weighted by Gasteiger charge is -2.36. The molecule has 1 fully saturated rings. The van der Waals surface area contributed by atoms with Gasteiger partial charge >= 0.3 is 0 Å². The number of halogens is 1. The van der Waals surface area contributed by atoms with Crippen LogP contribution < -0.4 is 10.6 Å². The van der Waals surface area contributed by atoms with Crippen molar-refractivity contribution >= 4 is 11.6 Å². The molecule has 0 bridgehead atoms. The zero-order chi connectivity index (χ0) is 13.0. The van der Waals surface area contributed by atoms with Gasteiger partial charge in [-0.25, -0.2) is 4.39 Å². The number of para-hydroxylation sites is 1. The van der Waals surface area contributed by atoms with Crippen molar-refractivity contribution in [1.82, 2.24) is 5.32 Å². The first-order valence-corrected chi connectivity index (χ1v) is 6.07. The van der Waals surface area contributed by atoms with Gasteiger partial charge in [-0.3, -0.25) is 4.79 Å². The molecule has 5 heteroatoms. The third kappa shape index (κ3) is 3.27. The van der Waals surface area contributed by atoms with Crippen LogP contribution in [0.5, 0.6) is 0 Å². The number of amides is 1. The van der Waals surface area contributed by atoms with Gasteiger partial charge in [0.25, 0.3) is 0 Å². The number of anilines is 1. The molecule has 1 aromatic rings. The van der Waals surface area contributed by atoms with Gasteiger partial charge in [0.05, 0.1) is 17.8 Å². The predicted octanol–water partition coefficient (Wildman–Crippen LogP) is 1.27. The molecule has 0 unspecified atom stereocenters. The van der Waals surface area contributed by atoms with E-state index in [-0.39, 0.29) is 18.1 Å². The molecule has 0 aliphatic heterocycles. The van der Waals surface area contributed by atoms with E-state index in [0.29, 0.717) is 6.54 Å². The summed E-state index contributed by atoms with van der Waals surface area (Å²) in [5.74, 6) is -0.772. The van der Waals surface area contributed by atoms with E-state index >= 15 is 0 Å². The lowest BCUT2D eigenvalue weighted by atomic mass is 9.80. The van der Waals surface area contributed by atoms with Crippen LogP contribution in [0.4, 0.5) is 10.1 Å². The Labute approximate surface area is 105 Å². The van der Waals surface area contributed by atoms with Gasteiger partial charge in [0, 0.05) is 6.54 Å². The van der Waals surface area contributed by atoms with Crippen LogP contribution in [-0.4, -0.2) is 29.7 Å². The van der Waals surface area contributed by atoms with E-state index in [4.69, 9.17) is 0 Å². The summed E-state index contributed by atoms with van der Waals surface area (Å²) in [4.78, 5) is 11.5. The molecule has 4 nitrogen and oxygen atoms in total. The summed E-state index contributed by atoms with van der Waals surface area (Å²) in [5, 5.41) is 15.2. The third-order valence-electron chi connectivity index (χ3n) is 3.17. The first-order valence-electron chi connectivity index (χ1n) is 6.07. The highest BCUT2D eigenvalue weighted by atomic mass is 19.1. The summed E-state index contributed by atoms with van der Waals surface area (Å²) in [7, 11) is 0. The molecule has 1 saturated carbocycles. The van der Waals surface area contributed by atoms with Crippen LogP contribution in [0.1, 0.15) is 19.3 Å². The molecule has 0 heterocycles. The molecule has 1 amide bonds. The summed E-state index contributed by atoms with van der Waals surface area (Å²) >= 11 is 0. The van der Waals surface area contributed by atoms with E-state index in [1.165, 1.54) is 12.1 Å². The van der Waals surface area contributed by atoms with Crippen LogP contribution in [0.3, 0.4) is 0 Å². The highest BCUT2D eigenvalue weighted by molar-refractivity contribution is 5.92. The Morgan fingerprint density at radius 1 is 1.39 bits per heavy atom. The van der Waals surface area contributed by atoms with Gasteiger partial charge in [0.1, 0.15) is 5.82 Å². The highest BCUT2D eigenvalue weighted by Crippen LogP contribution is 2.30. The summed E-state index contributed by atoms with van der Waals surface area (Å²) < 4.78 is 13.2. The van der Waals surface area contributed by atoms with Crippen LogP contribution >= 0.6 is 0 Å². The minimum atomic E-state index is -0.654. The lowest BCUT2D eigenvalue weighted by Crippen LogP contribution is -2.47. The van der Waals surface area contributed by atoms with E-state index in [1.54, 1.807) is 12.1 Å². The molecule has 0 atom stereocenters. The predicted molar refractivity (Wildman–Crippen MR) is 66.7 cm³/mol. The molecule has 2 rings (SSSR count). The number of aliphatic hydroxyl groups is 1. The zero-order valence-corrected chi connectivity index (χ0v) is 10.1. The van der Waals surface area contributed by atoms with E-state index < -0.39 is 11.4 Å². The van der Waals surface area contributed by atoms with Crippen molar-refractivity contribution in [2.45, 2.75) is 24.9 Å². The lowest BCUT2D eigenvalue weighted by molar-refractivity contribution is -0.115. The van der Waals surface area contributed by atoms with Crippen LogP contribution in [0.2, 0.25) is 0 Å². The molecular weight excluding hydrogens is 235 g/mol. The van der Waals surface area contributed by atoms with Gasteiger partial charge in [-0.2, -0.15) is 0 Å². The molecule has 0 saturated heterocycles. The van der Waals surface area contributed by atoms with Crippen molar-refractivity contribution in [1.29, 1.82) is 0 Å². The Balaban J connectivity index is 1.74. The number of hydrogen-bond donors (Lipinski definition) is 3. The topological polar surface area (TPSA) is 61.4 Å². The van der Waals surface area contributed by atoms with Gasteiger partial charge in [-0.1, -0.05) is 12.1 Å². The van der Waals surface area contributed by atoms with Crippen molar-refractivity contribution in [3.05, 3.63) is 30.1 Å². The maximum absolute atomic E-state index is 13.2. The number of rotatable bonds is 5. The van der Waals surface area contributed by atoms with Crippen molar-refractivity contribution in [2.24, 2.45) is 0 Å². The average molecular weight is 252 g/mol. The Hall–Kier alpha value is -1.46. The molecule has 1 aliphatic rings. The van der Waals surface area contributed by atoms with Crippen LogP contribution in [0.25, 0.3) is 0 Å². The molecule has 1 aromatic carbocycles. The van der Waals surface area contributed by atoms with Gasteiger partial charge in [-0.15, -0.1) is 0 Å². The fourth-order valence-corrected chi connectivity index (χ4v) is 1.93. The van der Waals surface area contributed by atoms with Gasteiger partial charge in [0.2, 0.25) is 5.91 Å². The second-order valence-electron chi connectivity index (χ2n) is 4.71. The summed E-state index contributed by atoms with van der Waals surface area (Å²) in [6.07, 6.45) is 2.57. The molecule has 0 aromatic heterocycles. The number of nitrogens with one attached hydrogen (secondary N) is 2.